The van der Waals surface area contributed by atoms with Crippen LogP contribution in [-0.4, -0.2) is 60.1 Å². The molecule has 2 N–H and O–H groups in total. The predicted molar refractivity (Wildman–Crippen MR) is 59.7 cm³/mol. The Hall–Kier alpha value is -1.63. The third kappa shape index (κ3) is 2.31. The summed E-state index contributed by atoms with van der Waals surface area (Å²) in [7, 11) is 1.56. The maximum absolute atomic E-state index is 12.1. The first-order valence-electron chi connectivity index (χ1n) is 5.87. The van der Waals surface area contributed by atoms with Crippen LogP contribution in [0.3, 0.4) is 0 Å². The third-order valence-corrected chi connectivity index (χ3v) is 3.51. The van der Waals surface area contributed by atoms with Crippen LogP contribution >= 0.6 is 0 Å². The van der Waals surface area contributed by atoms with E-state index in [1.807, 2.05) is 0 Å². The third-order valence-electron chi connectivity index (χ3n) is 3.51. The Kier molecular flexibility index (Phi) is 3.51. The lowest BCUT2D eigenvalue weighted by Crippen LogP contribution is -2.50. The van der Waals surface area contributed by atoms with E-state index in [-0.39, 0.29) is 25.0 Å². The molecule has 2 saturated heterocycles. The average Bonchev–Trinajstić information content (AvgIpc) is 2.95. The van der Waals surface area contributed by atoms with Crippen molar-refractivity contribution in [3.05, 3.63) is 0 Å². The fourth-order valence-corrected chi connectivity index (χ4v) is 2.37. The smallest absolute Gasteiger partial charge is 0.311 e. The lowest BCUT2D eigenvalue weighted by Gasteiger charge is -2.28. The average molecular weight is 256 g/mol. The number of amides is 2. The molecule has 18 heavy (non-hydrogen) atoms. The number of carboxylic acid groups (broad SMARTS) is 1. The van der Waals surface area contributed by atoms with Crippen molar-refractivity contribution in [1.82, 2.24) is 10.2 Å². The van der Waals surface area contributed by atoms with Crippen molar-refractivity contribution in [2.75, 3.05) is 20.3 Å². The van der Waals surface area contributed by atoms with E-state index in [2.05, 4.69) is 5.32 Å². The van der Waals surface area contributed by atoms with Gasteiger partial charge < -0.3 is 20.1 Å². The lowest BCUT2D eigenvalue weighted by atomic mass is 10.0. The van der Waals surface area contributed by atoms with Gasteiger partial charge in [0.05, 0.1) is 19.3 Å². The minimum Gasteiger partial charge on any atom is -0.481 e. The molecule has 2 amide bonds. The largest absolute Gasteiger partial charge is 0.481 e. The minimum absolute atomic E-state index is 0.120. The van der Waals surface area contributed by atoms with E-state index < -0.39 is 24.0 Å². The highest BCUT2D eigenvalue weighted by Crippen LogP contribution is 2.21. The molecule has 3 atom stereocenters. The van der Waals surface area contributed by atoms with Gasteiger partial charge in [0, 0.05) is 13.5 Å². The van der Waals surface area contributed by atoms with Crippen molar-refractivity contribution in [2.45, 2.75) is 24.9 Å². The fourth-order valence-electron chi connectivity index (χ4n) is 2.37. The zero-order chi connectivity index (χ0) is 13.3. The molecule has 0 aromatic carbocycles. The summed E-state index contributed by atoms with van der Waals surface area (Å²) in [5.74, 6) is -2.05. The molecule has 7 nitrogen and oxygen atoms in total. The van der Waals surface area contributed by atoms with Gasteiger partial charge in [-0.2, -0.15) is 0 Å². The molecule has 2 aliphatic rings. The zero-order valence-electron chi connectivity index (χ0n) is 10.1. The van der Waals surface area contributed by atoms with E-state index in [0.29, 0.717) is 12.8 Å². The van der Waals surface area contributed by atoms with Crippen molar-refractivity contribution < 1.29 is 24.2 Å². The van der Waals surface area contributed by atoms with Crippen LogP contribution in [0.4, 0.5) is 0 Å². The van der Waals surface area contributed by atoms with Gasteiger partial charge in [-0.3, -0.25) is 14.4 Å². The van der Waals surface area contributed by atoms with Crippen molar-refractivity contribution in [1.29, 1.82) is 0 Å². The van der Waals surface area contributed by atoms with Crippen molar-refractivity contribution in [3.8, 4) is 0 Å². The summed E-state index contributed by atoms with van der Waals surface area (Å²) < 4.78 is 5.12. The normalized spacial score (nSPS) is 31.2. The summed E-state index contributed by atoms with van der Waals surface area (Å²) in [6.45, 7) is 0.342. The number of likely N-dealkylation sites (N-methyl/N-ethyl adjacent to an activating group) is 1. The van der Waals surface area contributed by atoms with Crippen molar-refractivity contribution >= 4 is 17.8 Å². The molecule has 2 fully saturated rings. The van der Waals surface area contributed by atoms with E-state index >= 15 is 0 Å². The first kappa shape index (κ1) is 12.8. The van der Waals surface area contributed by atoms with Crippen LogP contribution < -0.4 is 5.32 Å². The summed E-state index contributed by atoms with van der Waals surface area (Å²) in [5, 5.41) is 11.6. The molecule has 2 rings (SSSR count). The highest BCUT2D eigenvalue weighted by Gasteiger charge is 2.41. The zero-order valence-corrected chi connectivity index (χ0v) is 10.1. The van der Waals surface area contributed by atoms with Crippen LogP contribution in [-0.2, 0) is 19.1 Å². The fraction of sp³-hybridized carbons (Fsp3) is 0.727. The van der Waals surface area contributed by atoms with Gasteiger partial charge in [-0.25, -0.2) is 0 Å². The summed E-state index contributed by atoms with van der Waals surface area (Å²) in [5.41, 5.74) is 0. The monoisotopic (exact) mass is 256 g/mol. The Labute approximate surface area is 104 Å². The van der Waals surface area contributed by atoms with Crippen LogP contribution in [0.5, 0.6) is 0 Å². The number of carboxylic acids is 1. The van der Waals surface area contributed by atoms with Gasteiger partial charge in [0.2, 0.25) is 11.8 Å². The maximum atomic E-state index is 12.1. The first-order chi connectivity index (χ1) is 8.50. The van der Waals surface area contributed by atoms with E-state index in [1.54, 1.807) is 7.05 Å². The summed E-state index contributed by atoms with van der Waals surface area (Å²) in [6.07, 6.45) is 0.807. The number of hydrogen-bond donors (Lipinski definition) is 2. The Balaban J connectivity index is 2.02. The number of nitrogens with one attached hydrogen (secondary N) is 1. The van der Waals surface area contributed by atoms with Crippen LogP contribution in [0.15, 0.2) is 0 Å². The number of aliphatic carboxylic acids is 1. The molecule has 0 radical (unpaired) electrons. The van der Waals surface area contributed by atoms with E-state index in [9.17, 15) is 14.4 Å². The summed E-state index contributed by atoms with van der Waals surface area (Å²) in [6, 6.07) is -0.995. The number of rotatable bonds is 3. The number of carbonyl (C=O) groups is 3. The molecule has 0 saturated carbocycles. The van der Waals surface area contributed by atoms with Gasteiger partial charge in [0.1, 0.15) is 12.0 Å². The van der Waals surface area contributed by atoms with Crippen LogP contribution in [0.2, 0.25) is 0 Å². The summed E-state index contributed by atoms with van der Waals surface area (Å²) >= 11 is 0. The number of hydrogen-bond acceptors (Lipinski definition) is 4. The Bertz CT molecular complexity index is 384. The van der Waals surface area contributed by atoms with Gasteiger partial charge in [-0.05, 0) is 6.42 Å². The second kappa shape index (κ2) is 4.93. The molecule has 2 aliphatic heterocycles. The van der Waals surface area contributed by atoms with Gasteiger partial charge in [0.25, 0.3) is 0 Å². The van der Waals surface area contributed by atoms with Crippen molar-refractivity contribution in [2.24, 2.45) is 5.92 Å². The van der Waals surface area contributed by atoms with E-state index in [1.165, 1.54) is 4.90 Å². The van der Waals surface area contributed by atoms with Crippen LogP contribution in [0.1, 0.15) is 12.8 Å². The predicted octanol–water partition coefficient (Wildman–Crippen LogP) is -1.18. The Morgan fingerprint density at radius 2 is 2.17 bits per heavy atom. The molecular weight excluding hydrogens is 240 g/mol. The van der Waals surface area contributed by atoms with Gasteiger partial charge in [0.15, 0.2) is 0 Å². The van der Waals surface area contributed by atoms with Crippen LogP contribution in [0, 0.1) is 5.92 Å². The quantitative estimate of drug-likeness (QED) is 0.663. The molecule has 100 valence electrons. The molecule has 7 heteroatoms. The molecule has 0 aliphatic carbocycles. The number of carbonyl (C=O) groups excluding carboxylic acids is 2. The second-order valence-electron chi connectivity index (χ2n) is 4.66. The maximum Gasteiger partial charge on any atom is 0.311 e. The molecule has 0 aromatic rings. The van der Waals surface area contributed by atoms with Gasteiger partial charge in [-0.15, -0.1) is 0 Å². The van der Waals surface area contributed by atoms with Crippen LogP contribution in [0.25, 0.3) is 0 Å². The highest BCUT2D eigenvalue weighted by atomic mass is 16.5. The highest BCUT2D eigenvalue weighted by molar-refractivity contribution is 5.91. The van der Waals surface area contributed by atoms with Crippen molar-refractivity contribution in [3.63, 3.8) is 0 Å². The van der Waals surface area contributed by atoms with E-state index in [0.717, 1.165) is 0 Å². The number of nitrogens with zero attached hydrogens (tertiary/aromatic N) is 1. The molecule has 0 bridgehead atoms. The van der Waals surface area contributed by atoms with Gasteiger partial charge in [-0.1, -0.05) is 0 Å². The molecule has 0 spiro atoms. The Morgan fingerprint density at radius 3 is 2.72 bits per heavy atom. The molecule has 0 aromatic heterocycles. The molecule has 2 heterocycles. The minimum atomic E-state index is -0.965. The molecule has 3 unspecified atom stereocenters. The SMILES string of the molecule is CN(C(=O)C1CCC(=O)N1)C1COCC1C(=O)O. The summed E-state index contributed by atoms with van der Waals surface area (Å²) in [4.78, 5) is 35.6. The standard InChI is InChI=1S/C11H16N2O5/c1-13(8-5-18-4-6(8)11(16)17)10(15)7-2-3-9(14)12-7/h6-8H,2-5H2,1H3,(H,12,14)(H,16,17). The number of ether oxygens (including phenoxy) is 1. The first-order valence-corrected chi connectivity index (χ1v) is 5.87. The van der Waals surface area contributed by atoms with Gasteiger partial charge >= 0.3 is 5.97 Å². The molecular formula is C11H16N2O5. The Morgan fingerprint density at radius 1 is 1.44 bits per heavy atom. The second-order valence-corrected chi connectivity index (χ2v) is 4.66. The van der Waals surface area contributed by atoms with E-state index in [4.69, 9.17) is 9.84 Å². The topological polar surface area (TPSA) is 95.9 Å². The lowest BCUT2D eigenvalue weighted by molar-refractivity contribution is -0.145.